The fourth-order valence-corrected chi connectivity index (χ4v) is 2.87. The van der Waals surface area contributed by atoms with Crippen molar-refractivity contribution in [3.8, 4) is 0 Å². The summed E-state index contributed by atoms with van der Waals surface area (Å²) in [6.07, 6.45) is 3.87. The van der Waals surface area contributed by atoms with E-state index in [9.17, 15) is 0 Å². The first-order chi connectivity index (χ1) is 8.24. The van der Waals surface area contributed by atoms with Crippen LogP contribution in [0.25, 0.3) is 0 Å². The minimum Gasteiger partial charge on any atom is -0.450 e. The van der Waals surface area contributed by atoms with Gasteiger partial charge in [-0.05, 0) is 57.2 Å². The molecule has 0 amide bonds. The average Bonchev–Trinajstić information content (AvgIpc) is 2.92. The maximum absolute atomic E-state index is 5.80. The third-order valence-corrected chi connectivity index (χ3v) is 5.12. The van der Waals surface area contributed by atoms with Gasteiger partial charge in [-0.25, -0.2) is 0 Å². The van der Waals surface area contributed by atoms with Gasteiger partial charge >= 0.3 is 0 Å². The number of hydrogen-bond donors (Lipinski definition) is 1. The van der Waals surface area contributed by atoms with E-state index in [2.05, 4.69) is 37.2 Å². The van der Waals surface area contributed by atoms with E-state index in [1.165, 1.54) is 12.8 Å². The lowest BCUT2D eigenvalue weighted by molar-refractivity contribution is 0.0713. The van der Waals surface area contributed by atoms with Crippen LogP contribution in [0.15, 0.2) is 19.6 Å². The van der Waals surface area contributed by atoms with E-state index >= 15 is 0 Å². The highest BCUT2D eigenvalue weighted by molar-refractivity contribution is 9.13. The van der Waals surface area contributed by atoms with Gasteiger partial charge in [-0.3, -0.25) is 0 Å². The smallest absolute Gasteiger partial charge is 0.183 e. The molecule has 5 heteroatoms. The van der Waals surface area contributed by atoms with Crippen LogP contribution in [-0.2, 0) is 4.74 Å². The molecule has 1 aromatic heterocycles. The Labute approximate surface area is 118 Å². The van der Waals surface area contributed by atoms with Crippen molar-refractivity contribution in [2.75, 3.05) is 13.2 Å². The van der Waals surface area contributed by atoms with Gasteiger partial charge in [0, 0.05) is 25.1 Å². The van der Waals surface area contributed by atoms with Crippen molar-refractivity contribution in [3.05, 3.63) is 21.0 Å². The van der Waals surface area contributed by atoms with Crippen LogP contribution in [0.3, 0.4) is 0 Å². The van der Waals surface area contributed by atoms with Gasteiger partial charge in [0.15, 0.2) is 4.67 Å². The number of nitrogens with one attached hydrogen (secondary N) is 1. The summed E-state index contributed by atoms with van der Waals surface area (Å²) in [4.78, 5) is 0. The van der Waals surface area contributed by atoms with Crippen LogP contribution in [0.5, 0.6) is 0 Å². The Morgan fingerprint density at radius 3 is 2.76 bits per heavy atom. The van der Waals surface area contributed by atoms with Crippen LogP contribution < -0.4 is 5.32 Å². The topological polar surface area (TPSA) is 34.4 Å². The van der Waals surface area contributed by atoms with Gasteiger partial charge in [-0.1, -0.05) is 0 Å². The predicted octanol–water partition coefficient (Wildman–Crippen LogP) is 3.63. The molecule has 17 heavy (non-hydrogen) atoms. The largest absolute Gasteiger partial charge is 0.450 e. The van der Waals surface area contributed by atoms with E-state index in [1.807, 2.05) is 6.07 Å². The lowest BCUT2D eigenvalue weighted by Crippen LogP contribution is -2.26. The van der Waals surface area contributed by atoms with Gasteiger partial charge in [0.2, 0.25) is 0 Å². The van der Waals surface area contributed by atoms with Crippen molar-refractivity contribution >= 4 is 31.9 Å². The van der Waals surface area contributed by atoms with Crippen LogP contribution in [0.1, 0.15) is 31.1 Å². The van der Waals surface area contributed by atoms with Crippen LogP contribution >= 0.6 is 31.9 Å². The van der Waals surface area contributed by atoms with Crippen LogP contribution in [0, 0.1) is 5.92 Å². The fourth-order valence-electron chi connectivity index (χ4n) is 2.27. The molecular formula is C12H15Br2NO2. The van der Waals surface area contributed by atoms with Crippen LogP contribution in [-0.4, -0.2) is 19.2 Å². The maximum Gasteiger partial charge on any atom is 0.183 e. The third-order valence-electron chi connectivity index (χ3n) is 3.40. The van der Waals surface area contributed by atoms with Crippen LogP contribution in [0.2, 0.25) is 0 Å². The highest BCUT2D eigenvalue weighted by atomic mass is 79.9. The summed E-state index contributed by atoms with van der Waals surface area (Å²) < 4.78 is 13.2. The van der Waals surface area contributed by atoms with Gasteiger partial charge < -0.3 is 14.5 Å². The molecule has 2 fully saturated rings. The molecule has 2 heterocycles. The number of furan rings is 1. The first kappa shape index (κ1) is 12.2. The van der Waals surface area contributed by atoms with Crippen molar-refractivity contribution in [1.82, 2.24) is 5.32 Å². The van der Waals surface area contributed by atoms with Crippen molar-refractivity contribution in [2.24, 2.45) is 5.92 Å². The number of ether oxygens (including phenoxy) is 1. The molecule has 1 N–H and O–H groups in total. The quantitative estimate of drug-likeness (QED) is 0.885. The zero-order chi connectivity index (χ0) is 11.8. The SMILES string of the molecule is Brc1cc(C2OCCC2CNC2CC2)oc1Br. The van der Waals surface area contributed by atoms with Crippen molar-refractivity contribution in [3.63, 3.8) is 0 Å². The number of halogens is 2. The summed E-state index contributed by atoms with van der Waals surface area (Å²) in [6.45, 7) is 1.86. The summed E-state index contributed by atoms with van der Waals surface area (Å²) in [5, 5.41) is 3.57. The Hall–Kier alpha value is 0.160. The molecule has 1 aromatic rings. The molecule has 0 bridgehead atoms. The molecule has 0 spiro atoms. The molecule has 1 saturated heterocycles. The molecule has 3 rings (SSSR count). The van der Waals surface area contributed by atoms with E-state index in [0.29, 0.717) is 5.92 Å². The van der Waals surface area contributed by atoms with Crippen molar-refractivity contribution in [2.45, 2.75) is 31.4 Å². The molecular weight excluding hydrogens is 350 g/mol. The first-order valence-electron chi connectivity index (χ1n) is 6.04. The molecule has 2 aliphatic rings. The zero-order valence-electron chi connectivity index (χ0n) is 9.42. The molecule has 1 saturated carbocycles. The van der Waals surface area contributed by atoms with E-state index in [4.69, 9.17) is 9.15 Å². The standard InChI is InChI=1S/C12H15Br2NO2/c13-9-5-10(17-12(9)14)11-7(3-4-16-11)6-15-8-1-2-8/h5,7-8,11,15H,1-4,6H2. The first-order valence-corrected chi connectivity index (χ1v) is 7.62. The molecule has 1 aliphatic heterocycles. The van der Waals surface area contributed by atoms with Crippen molar-refractivity contribution < 1.29 is 9.15 Å². The highest BCUT2D eigenvalue weighted by Gasteiger charge is 2.33. The van der Waals surface area contributed by atoms with Crippen LogP contribution in [0.4, 0.5) is 0 Å². The van der Waals surface area contributed by atoms with Gasteiger partial charge in [0.05, 0.1) is 4.47 Å². The van der Waals surface area contributed by atoms with Gasteiger partial charge in [-0.15, -0.1) is 0 Å². The number of hydrogen-bond acceptors (Lipinski definition) is 3. The van der Waals surface area contributed by atoms with E-state index < -0.39 is 0 Å². The summed E-state index contributed by atoms with van der Waals surface area (Å²) >= 11 is 6.81. The molecule has 0 radical (unpaired) electrons. The van der Waals surface area contributed by atoms with E-state index in [0.717, 1.165) is 40.5 Å². The second-order valence-corrected chi connectivity index (χ2v) is 6.37. The maximum atomic E-state index is 5.80. The van der Waals surface area contributed by atoms with Gasteiger partial charge in [-0.2, -0.15) is 0 Å². The lowest BCUT2D eigenvalue weighted by atomic mass is 10.00. The Morgan fingerprint density at radius 2 is 2.12 bits per heavy atom. The monoisotopic (exact) mass is 363 g/mol. The zero-order valence-corrected chi connectivity index (χ0v) is 12.6. The molecule has 0 aromatic carbocycles. The highest BCUT2D eigenvalue weighted by Crippen LogP contribution is 2.39. The average molecular weight is 365 g/mol. The summed E-state index contributed by atoms with van der Waals surface area (Å²) in [5.74, 6) is 1.45. The molecule has 1 aliphatic carbocycles. The second-order valence-electron chi connectivity index (χ2n) is 4.79. The Balaban J connectivity index is 1.67. The molecule has 94 valence electrons. The Morgan fingerprint density at radius 1 is 1.29 bits per heavy atom. The Kier molecular flexibility index (Phi) is 3.62. The molecule has 3 nitrogen and oxygen atoms in total. The van der Waals surface area contributed by atoms with Gasteiger partial charge in [0.25, 0.3) is 0 Å². The van der Waals surface area contributed by atoms with E-state index in [1.54, 1.807) is 0 Å². The van der Waals surface area contributed by atoms with Crippen molar-refractivity contribution in [1.29, 1.82) is 0 Å². The summed E-state index contributed by atoms with van der Waals surface area (Å²) in [6, 6.07) is 2.76. The minimum atomic E-state index is 0.101. The minimum absolute atomic E-state index is 0.101. The van der Waals surface area contributed by atoms with Gasteiger partial charge in [0.1, 0.15) is 11.9 Å². The van der Waals surface area contributed by atoms with E-state index in [-0.39, 0.29) is 6.10 Å². The number of rotatable bonds is 4. The Bertz CT molecular complexity index is 384. The predicted molar refractivity (Wildman–Crippen MR) is 71.9 cm³/mol. The second kappa shape index (κ2) is 5.03. The molecule has 2 unspecified atom stereocenters. The normalized spacial score (nSPS) is 28.8. The summed E-state index contributed by atoms with van der Waals surface area (Å²) in [5.41, 5.74) is 0. The fraction of sp³-hybridized carbons (Fsp3) is 0.667. The molecule has 2 atom stereocenters. The third kappa shape index (κ3) is 2.78. The summed E-state index contributed by atoms with van der Waals surface area (Å²) in [7, 11) is 0. The lowest BCUT2D eigenvalue weighted by Gasteiger charge is -2.16.